The van der Waals surface area contributed by atoms with Crippen LogP contribution in [0.1, 0.15) is 19.8 Å². The van der Waals surface area contributed by atoms with Crippen molar-refractivity contribution in [2.45, 2.75) is 24.7 Å². The molecule has 0 aliphatic carbocycles. The van der Waals surface area contributed by atoms with Crippen LogP contribution in [0, 0.1) is 0 Å². The van der Waals surface area contributed by atoms with Gasteiger partial charge in [0.2, 0.25) is 21.8 Å². The summed E-state index contributed by atoms with van der Waals surface area (Å²) in [7, 11) is -0.886. The lowest BCUT2D eigenvalue weighted by Crippen LogP contribution is -2.50. The zero-order chi connectivity index (χ0) is 20.7. The molecule has 9 nitrogen and oxygen atoms in total. The van der Waals surface area contributed by atoms with E-state index in [4.69, 9.17) is 9.47 Å². The lowest BCUT2D eigenvalue weighted by atomic mass is 10.2. The third kappa shape index (κ3) is 5.35. The first kappa shape index (κ1) is 22.0. The van der Waals surface area contributed by atoms with Crippen LogP contribution in [-0.2, 0) is 19.6 Å². The van der Waals surface area contributed by atoms with E-state index in [1.54, 1.807) is 9.80 Å². The first-order valence-corrected chi connectivity index (χ1v) is 10.6. The van der Waals surface area contributed by atoms with Gasteiger partial charge in [0.05, 0.1) is 19.1 Å². The average Bonchev–Trinajstić information content (AvgIpc) is 2.72. The first-order valence-electron chi connectivity index (χ1n) is 9.09. The topological polar surface area (TPSA) is 105 Å². The summed E-state index contributed by atoms with van der Waals surface area (Å²) in [5, 5.41) is 0. The van der Waals surface area contributed by atoms with E-state index in [1.165, 1.54) is 32.4 Å². The third-order valence-corrected chi connectivity index (χ3v) is 6.04. The molecule has 1 aliphatic heterocycles. The van der Waals surface area contributed by atoms with Gasteiger partial charge in [0.15, 0.2) is 11.5 Å². The first-order chi connectivity index (χ1) is 13.3. The number of nitrogens with zero attached hydrogens (tertiary/aromatic N) is 2. The Balaban J connectivity index is 1.87. The van der Waals surface area contributed by atoms with Gasteiger partial charge in [-0.3, -0.25) is 9.59 Å². The van der Waals surface area contributed by atoms with Crippen LogP contribution in [0.2, 0.25) is 0 Å². The van der Waals surface area contributed by atoms with Crippen molar-refractivity contribution in [2.75, 3.05) is 46.9 Å². The fourth-order valence-corrected chi connectivity index (χ4v) is 3.99. The quantitative estimate of drug-likeness (QED) is 0.664. The van der Waals surface area contributed by atoms with Crippen molar-refractivity contribution in [3.05, 3.63) is 18.2 Å². The molecule has 1 aliphatic rings. The summed E-state index contributed by atoms with van der Waals surface area (Å²) < 4.78 is 37.5. The number of sulfonamides is 1. The van der Waals surface area contributed by atoms with Crippen LogP contribution in [0.3, 0.4) is 0 Å². The number of piperazine rings is 1. The second-order valence-electron chi connectivity index (χ2n) is 6.28. The molecule has 0 atom stereocenters. The minimum absolute atomic E-state index is 0.0103. The molecule has 1 aromatic carbocycles. The molecule has 1 saturated heterocycles. The van der Waals surface area contributed by atoms with Gasteiger partial charge < -0.3 is 19.3 Å². The number of amides is 2. The van der Waals surface area contributed by atoms with Crippen molar-refractivity contribution in [2.24, 2.45) is 0 Å². The zero-order valence-corrected chi connectivity index (χ0v) is 17.3. The Labute approximate surface area is 165 Å². The summed E-state index contributed by atoms with van der Waals surface area (Å²) in [6.45, 7) is 3.75. The predicted octanol–water partition coefficient (Wildman–Crippen LogP) is 0.453. The molecule has 0 bridgehead atoms. The van der Waals surface area contributed by atoms with E-state index >= 15 is 0 Å². The lowest BCUT2D eigenvalue weighted by Gasteiger charge is -2.34. The number of methoxy groups -OCH3 is 2. The van der Waals surface area contributed by atoms with Crippen molar-refractivity contribution in [3.63, 3.8) is 0 Å². The molecular weight excluding hydrogens is 386 g/mol. The molecule has 0 unspecified atom stereocenters. The molecule has 1 heterocycles. The summed E-state index contributed by atoms with van der Waals surface area (Å²) in [6.07, 6.45) is 0.500. The van der Waals surface area contributed by atoms with E-state index in [0.717, 1.165) is 0 Å². The largest absolute Gasteiger partial charge is 0.493 e. The minimum Gasteiger partial charge on any atom is -0.493 e. The molecule has 0 spiro atoms. The molecule has 0 radical (unpaired) electrons. The number of rotatable bonds is 8. The van der Waals surface area contributed by atoms with Crippen LogP contribution in [0.4, 0.5) is 0 Å². The predicted molar refractivity (Wildman–Crippen MR) is 103 cm³/mol. The fourth-order valence-electron chi connectivity index (χ4n) is 2.95. The Hall–Kier alpha value is -2.33. The Bertz CT molecular complexity index is 804. The highest BCUT2D eigenvalue weighted by atomic mass is 32.2. The summed E-state index contributed by atoms with van der Waals surface area (Å²) in [6, 6.07) is 4.29. The molecule has 2 amide bonds. The SMILES string of the molecule is CCC(=O)N1CCN(C(=O)CCNS(=O)(=O)c2ccc(OC)c(OC)c2)CC1. The van der Waals surface area contributed by atoms with Gasteiger partial charge in [-0.25, -0.2) is 13.1 Å². The maximum absolute atomic E-state index is 12.4. The molecule has 2 rings (SSSR count). The Morgan fingerprint density at radius 2 is 1.57 bits per heavy atom. The Kier molecular flexibility index (Phi) is 7.64. The van der Waals surface area contributed by atoms with E-state index in [0.29, 0.717) is 44.1 Å². The summed E-state index contributed by atoms with van der Waals surface area (Å²) in [4.78, 5) is 27.4. The molecule has 1 fully saturated rings. The zero-order valence-electron chi connectivity index (χ0n) is 16.4. The van der Waals surface area contributed by atoms with Crippen molar-refractivity contribution in [1.29, 1.82) is 0 Å². The molecule has 1 N–H and O–H groups in total. The van der Waals surface area contributed by atoms with Crippen LogP contribution >= 0.6 is 0 Å². The monoisotopic (exact) mass is 413 g/mol. The van der Waals surface area contributed by atoms with Crippen molar-refractivity contribution in [1.82, 2.24) is 14.5 Å². The number of carbonyl (C=O) groups is 2. The molecular formula is C18H27N3O6S. The highest BCUT2D eigenvalue weighted by molar-refractivity contribution is 7.89. The van der Waals surface area contributed by atoms with Gasteiger partial charge in [0, 0.05) is 51.6 Å². The third-order valence-electron chi connectivity index (χ3n) is 4.58. The molecule has 156 valence electrons. The number of hydrogen-bond donors (Lipinski definition) is 1. The van der Waals surface area contributed by atoms with Crippen LogP contribution in [0.15, 0.2) is 23.1 Å². The van der Waals surface area contributed by atoms with Gasteiger partial charge in [-0.05, 0) is 12.1 Å². The summed E-state index contributed by atoms with van der Waals surface area (Å²) >= 11 is 0. The Morgan fingerprint density at radius 3 is 2.11 bits per heavy atom. The number of nitrogens with one attached hydrogen (secondary N) is 1. The maximum atomic E-state index is 12.4. The van der Waals surface area contributed by atoms with Crippen molar-refractivity contribution >= 4 is 21.8 Å². The summed E-state index contributed by atoms with van der Waals surface area (Å²) in [5.74, 6) is 0.673. The second-order valence-corrected chi connectivity index (χ2v) is 8.05. The van der Waals surface area contributed by atoms with E-state index in [1.807, 2.05) is 6.92 Å². The van der Waals surface area contributed by atoms with Gasteiger partial charge in [-0.1, -0.05) is 6.92 Å². The van der Waals surface area contributed by atoms with Crippen LogP contribution in [0.5, 0.6) is 11.5 Å². The molecule has 28 heavy (non-hydrogen) atoms. The van der Waals surface area contributed by atoms with Gasteiger partial charge in [0.1, 0.15) is 0 Å². The summed E-state index contributed by atoms with van der Waals surface area (Å²) in [5.41, 5.74) is 0. The molecule has 0 saturated carbocycles. The smallest absolute Gasteiger partial charge is 0.240 e. The van der Waals surface area contributed by atoms with Crippen molar-refractivity contribution < 1.29 is 27.5 Å². The highest BCUT2D eigenvalue weighted by Crippen LogP contribution is 2.29. The molecule has 0 aromatic heterocycles. The van der Waals surface area contributed by atoms with Gasteiger partial charge in [-0.2, -0.15) is 0 Å². The second kappa shape index (κ2) is 9.74. The number of hydrogen-bond acceptors (Lipinski definition) is 6. The maximum Gasteiger partial charge on any atom is 0.240 e. The van der Waals surface area contributed by atoms with Crippen molar-refractivity contribution in [3.8, 4) is 11.5 Å². The van der Waals surface area contributed by atoms with E-state index in [-0.39, 0.29) is 29.7 Å². The van der Waals surface area contributed by atoms with Gasteiger partial charge in [0.25, 0.3) is 0 Å². The normalized spacial score (nSPS) is 14.7. The standard InChI is InChI=1S/C18H27N3O6S/c1-4-17(22)20-9-11-21(12-10-20)18(23)7-8-19-28(24,25)14-5-6-15(26-2)16(13-14)27-3/h5-6,13,19H,4,7-12H2,1-3H3. The molecule has 10 heteroatoms. The highest BCUT2D eigenvalue weighted by Gasteiger charge is 2.23. The van der Waals surface area contributed by atoms with E-state index in [2.05, 4.69) is 4.72 Å². The van der Waals surface area contributed by atoms with Gasteiger partial charge >= 0.3 is 0 Å². The van der Waals surface area contributed by atoms with E-state index < -0.39 is 10.0 Å². The fraction of sp³-hybridized carbons (Fsp3) is 0.556. The lowest BCUT2D eigenvalue weighted by molar-refractivity contribution is -0.139. The van der Waals surface area contributed by atoms with Crippen LogP contribution < -0.4 is 14.2 Å². The van der Waals surface area contributed by atoms with Crippen LogP contribution in [-0.4, -0.2) is 77.0 Å². The average molecular weight is 413 g/mol. The minimum atomic E-state index is -3.78. The molecule has 1 aromatic rings. The Morgan fingerprint density at radius 1 is 1.00 bits per heavy atom. The number of carbonyl (C=O) groups excluding carboxylic acids is 2. The van der Waals surface area contributed by atoms with Gasteiger partial charge in [-0.15, -0.1) is 0 Å². The van der Waals surface area contributed by atoms with Crippen LogP contribution in [0.25, 0.3) is 0 Å². The van der Waals surface area contributed by atoms with E-state index in [9.17, 15) is 18.0 Å². The number of benzene rings is 1. The number of ether oxygens (including phenoxy) is 2.